The minimum Gasteiger partial charge on any atom is -0.383 e. The van der Waals surface area contributed by atoms with Crippen molar-refractivity contribution in [2.45, 2.75) is 38.8 Å². The van der Waals surface area contributed by atoms with Crippen molar-refractivity contribution >= 4 is 0 Å². The molecule has 1 unspecified atom stereocenters. The van der Waals surface area contributed by atoms with Gasteiger partial charge in [0.05, 0.1) is 6.61 Å². The Bertz CT molecular complexity index is 169. The van der Waals surface area contributed by atoms with Gasteiger partial charge in [-0.3, -0.25) is 4.90 Å². The van der Waals surface area contributed by atoms with Crippen LogP contribution >= 0.6 is 0 Å². The second-order valence-corrected chi connectivity index (χ2v) is 5.02. The molecule has 0 radical (unpaired) electrons. The molecule has 3 heteroatoms. The van der Waals surface area contributed by atoms with E-state index in [0.29, 0.717) is 6.04 Å². The van der Waals surface area contributed by atoms with E-state index in [1.165, 1.54) is 19.4 Å². The number of likely N-dealkylation sites (N-methyl/N-ethyl adjacent to an activating group) is 1. The molecule has 0 spiro atoms. The Morgan fingerprint density at radius 1 is 1.33 bits per heavy atom. The molecule has 1 rings (SSSR count). The molecule has 1 atom stereocenters. The molecule has 1 N–H and O–H groups in total. The zero-order chi connectivity index (χ0) is 11.3. The summed E-state index contributed by atoms with van der Waals surface area (Å²) in [6, 6.07) is 1.31. The van der Waals surface area contributed by atoms with Gasteiger partial charge in [0.15, 0.2) is 0 Å². The summed E-state index contributed by atoms with van der Waals surface area (Å²) in [7, 11) is 3.79. The largest absolute Gasteiger partial charge is 0.383 e. The lowest BCUT2D eigenvalue weighted by Crippen LogP contribution is -2.44. The maximum absolute atomic E-state index is 5.21. The van der Waals surface area contributed by atoms with Gasteiger partial charge in [-0.2, -0.15) is 0 Å². The Hall–Kier alpha value is -0.120. The lowest BCUT2D eigenvalue weighted by Gasteiger charge is -2.28. The van der Waals surface area contributed by atoms with E-state index in [4.69, 9.17) is 4.74 Å². The van der Waals surface area contributed by atoms with E-state index in [2.05, 4.69) is 24.1 Å². The molecule has 0 bridgehead atoms. The molecule has 90 valence electrons. The molecule has 0 heterocycles. The molecule has 1 aliphatic rings. The average Bonchev–Trinajstić information content (AvgIpc) is 2.98. The molecule has 1 fully saturated rings. The first kappa shape index (κ1) is 12.9. The minimum atomic E-state index is 0.467. The third-order valence-electron chi connectivity index (χ3n) is 2.89. The number of hydrogen-bond acceptors (Lipinski definition) is 3. The lowest BCUT2D eigenvalue weighted by molar-refractivity contribution is 0.133. The van der Waals surface area contributed by atoms with Crippen molar-refractivity contribution in [3.8, 4) is 0 Å². The molecule has 0 aliphatic heterocycles. The van der Waals surface area contributed by atoms with Crippen molar-refractivity contribution in [1.29, 1.82) is 0 Å². The molecule has 1 aliphatic carbocycles. The number of ether oxygens (including phenoxy) is 1. The first-order chi connectivity index (χ1) is 7.17. The van der Waals surface area contributed by atoms with Gasteiger partial charge in [0.25, 0.3) is 0 Å². The second-order valence-electron chi connectivity index (χ2n) is 5.02. The predicted octanol–water partition coefficient (Wildman–Crippen LogP) is 1.34. The standard InChI is InChI=1S/C12H26N2O/c1-10(2)7-14(12-5-6-12)8-11(13-3)9-15-4/h10-13H,5-9H2,1-4H3. The maximum atomic E-state index is 5.21. The fourth-order valence-electron chi connectivity index (χ4n) is 1.99. The van der Waals surface area contributed by atoms with Gasteiger partial charge in [0.2, 0.25) is 0 Å². The summed E-state index contributed by atoms with van der Waals surface area (Å²) in [5.74, 6) is 0.755. The summed E-state index contributed by atoms with van der Waals surface area (Å²) < 4.78 is 5.21. The van der Waals surface area contributed by atoms with Gasteiger partial charge in [0, 0.05) is 32.3 Å². The van der Waals surface area contributed by atoms with E-state index in [1.54, 1.807) is 7.11 Å². The average molecular weight is 214 g/mol. The molecule has 3 nitrogen and oxygen atoms in total. The minimum absolute atomic E-state index is 0.467. The van der Waals surface area contributed by atoms with Gasteiger partial charge in [-0.15, -0.1) is 0 Å². The summed E-state index contributed by atoms with van der Waals surface area (Å²) >= 11 is 0. The van der Waals surface area contributed by atoms with Crippen LogP contribution in [0.15, 0.2) is 0 Å². The molecule has 15 heavy (non-hydrogen) atoms. The van der Waals surface area contributed by atoms with Gasteiger partial charge in [0.1, 0.15) is 0 Å². The topological polar surface area (TPSA) is 24.5 Å². The fraction of sp³-hybridized carbons (Fsp3) is 1.00. The van der Waals surface area contributed by atoms with Gasteiger partial charge in [-0.05, 0) is 25.8 Å². The first-order valence-corrected chi connectivity index (χ1v) is 6.07. The van der Waals surface area contributed by atoms with Crippen molar-refractivity contribution in [1.82, 2.24) is 10.2 Å². The zero-order valence-corrected chi connectivity index (χ0v) is 10.6. The number of methoxy groups -OCH3 is 1. The SMILES string of the molecule is CNC(COC)CN(CC(C)C)C1CC1. The highest BCUT2D eigenvalue weighted by atomic mass is 16.5. The highest BCUT2D eigenvalue weighted by Gasteiger charge is 2.30. The molecule has 0 aromatic rings. The monoisotopic (exact) mass is 214 g/mol. The smallest absolute Gasteiger partial charge is 0.0628 e. The molecule has 0 saturated heterocycles. The number of rotatable bonds is 8. The molecular weight excluding hydrogens is 188 g/mol. The summed E-state index contributed by atoms with van der Waals surface area (Å²) in [5, 5.41) is 3.32. The Balaban J connectivity index is 2.34. The van der Waals surface area contributed by atoms with Crippen LogP contribution in [0.5, 0.6) is 0 Å². The van der Waals surface area contributed by atoms with Crippen LogP contribution in [0.2, 0.25) is 0 Å². The van der Waals surface area contributed by atoms with Crippen LogP contribution in [0.3, 0.4) is 0 Å². The second kappa shape index (κ2) is 6.46. The van der Waals surface area contributed by atoms with Crippen LogP contribution in [-0.4, -0.2) is 50.8 Å². The third kappa shape index (κ3) is 4.96. The van der Waals surface area contributed by atoms with Crippen molar-refractivity contribution in [2.75, 3.05) is 33.9 Å². The summed E-state index contributed by atoms with van der Waals surface area (Å²) in [5.41, 5.74) is 0. The van der Waals surface area contributed by atoms with Gasteiger partial charge in [-0.1, -0.05) is 13.8 Å². The predicted molar refractivity (Wildman–Crippen MR) is 64.2 cm³/mol. The van der Waals surface area contributed by atoms with Crippen molar-refractivity contribution in [2.24, 2.45) is 5.92 Å². The highest BCUT2D eigenvalue weighted by Crippen LogP contribution is 2.27. The third-order valence-corrected chi connectivity index (χ3v) is 2.89. The van der Waals surface area contributed by atoms with Crippen molar-refractivity contribution in [3.05, 3.63) is 0 Å². The van der Waals surface area contributed by atoms with Gasteiger partial charge in [-0.25, -0.2) is 0 Å². The first-order valence-electron chi connectivity index (χ1n) is 6.07. The molecule has 0 aromatic heterocycles. The summed E-state index contributed by atoms with van der Waals surface area (Å²) in [4.78, 5) is 2.62. The van der Waals surface area contributed by atoms with Crippen molar-refractivity contribution < 1.29 is 4.74 Å². The number of nitrogens with zero attached hydrogens (tertiary/aromatic N) is 1. The normalized spacial score (nSPS) is 18.8. The Kier molecular flexibility index (Phi) is 5.58. The fourth-order valence-corrected chi connectivity index (χ4v) is 1.99. The van der Waals surface area contributed by atoms with Crippen LogP contribution in [0.1, 0.15) is 26.7 Å². The van der Waals surface area contributed by atoms with Gasteiger partial charge < -0.3 is 10.1 Å². The number of nitrogens with one attached hydrogen (secondary N) is 1. The van der Waals surface area contributed by atoms with E-state index in [9.17, 15) is 0 Å². The van der Waals surface area contributed by atoms with Crippen LogP contribution in [-0.2, 0) is 4.74 Å². The molecular formula is C12H26N2O. The van der Waals surface area contributed by atoms with E-state index in [0.717, 1.165) is 25.1 Å². The van der Waals surface area contributed by atoms with Crippen LogP contribution in [0, 0.1) is 5.92 Å². The summed E-state index contributed by atoms with van der Waals surface area (Å²) in [6.07, 6.45) is 2.77. The Morgan fingerprint density at radius 3 is 2.40 bits per heavy atom. The Morgan fingerprint density at radius 2 is 2.00 bits per heavy atom. The molecule has 1 saturated carbocycles. The summed E-state index contributed by atoms with van der Waals surface area (Å²) in [6.45, 7) is 7.72. The molecule has 0 amide bonds. The lowest BCUT2D eigenvalue weighted by atomic mass is 10.2. The van der Waals surface area contributed by atoms with Crippen molar-refractivity contribution in [3.63, 3.8) is 0 Å². The van der Waals surface area contributed by atoms with Crippen LogP contribution in [0.4, 0.5) is 0 Å². The zero-order valence-electron chi connectivity index (χ0n) is 10.6. The van der Waals surface area contributed by atoms with E-state index in [1.807, 2.05) is 7.05 Å². The van der Waals surface area contributed by atoms with E-state index < -0.39 is 0 Å². The van der Waals surface area contributed by atoms with Crippen LogP contribution < -0.4 is 5.32 Å². The maximum Gasteiger partial charge on any atom is 0.0628 e. The number of hydrogen-bond donors (Lipinski definition) is 1. The van der Waals surface area contributed by atoms with E-state index in [-0.39, 0.29) is 0 Å². The quantitative estimate of drug-likeness (QED) is 0.660. The Labute approximate surface area is 94.2 Å². The van der Waals surface area contributed by atoms with Gasteiger partial charge >= 0.3 is 0 Å². The van der Waals surface area contributed by atoms with E-state index >= 15 is 0 Å². The molecule has 0 aromatic carbocycles. The van der Waals surface area contributed by atoms with Crippen LogP contribution in [0.25, 0.3) is 0 Å². The highest BCUT2D eigenvalue weighted by molar-refractivity contribution is 4.87.